The quantitative estimate of drug-likeness (QED) is 0.469. The molecule has 0 fully saturated rings. The smallest absolute Gasteiger partial charge is 0.115 e. The van der Waals surface area contributed by atoms with Crippen LogP contribution in [0.3, 0.4) is 0 Å². The third-order valence-electron chi connectivity index (χ3n) is 2.82. The Morgan fingerprint density at radius 1 is 1.32 bits per heavy atom. The van der Waals surface area contributed by atoms with Crippen LogP contribution in [0.25, 0.3) is 0 Å². The first-order chi connectivity index (χ1) is 9.04. The third kappa shape index (κ3) is 10.6. The number of allylic oxidation sites excluding steroid dienone is 4. The predicted octanol–water partition coefficient (Wildman–Crippen LogP) is 4.65. The van der Waals surface area contributed by atoms with E-state index >= 15 is 0 Å². The number of likely N-dealkylation sites (N-methyl/N-ethyl adjacent to an activating group) is 1. The summed E-state index contributed by atoms with van der Waals surface area (Å²) in [6.45, 7) is 15.9. The maximum atomic E-state index is 5.72. The molecule has 0 spiro atoms. The lowest BCUT2D eigenvalue weighted by molar-refractivity contribution is 0.192. The van der Waals surface area contributed by atoms with Gasteiger partial charge in [-0.25, -0.2) is 0 Å². The van der Waals surface area contributed by atoms with Gasteiger partial charge in [-0.3, -0.25) is 0 Å². The Morgan fingerprint density at radius 3 is 2.26 bits per heavy atom. The zero-order valence-corrected chi connectivity index (χ0v) is 14.0. The zero-order chi connectivity index (χ0) is 15.3. The number of hydrogen-bond acceptors (Lipinski definition) is 2. The SMILES string of the molecule is C=C/C(=C\C(=C/C)OCCN(C)C)C(C)CC.CC. The van der Waals surface area contributed by atoms with Gasteiger partial charge in [-0.05, 0) is 51.1 Å². The summed E-state index contributed by atoms with van der Waals surface area (Å²) >= 11 is 0. The summed E-state index contributed by atoms with van der Waals surface area (Å²) in [6, 6.07) is 0. The van der Waals surface area contributed by atoms with Crippen molar-refractivity contribution in [2.45, 2.75) is 41.0 Å². The fourth-order valence-corrected chi connectivity index (χ4v) is 1.36. The molecule has 1 unspecified atom stereocenters. The van der Waals surface area contributed by atoms with Gasteiger partial charge < -0.3 is 9.64 Å². The van der Waals surface area contributed by atoms with Crippen LogP contribution in [0.2, 0.25) is 0 Å². The molecule has 0 heterocycles. The lowest BCUT2D eigenvalue weighted by Gasteiger charge is -2.14. The summed E-state index contributed by atoms with van der Waals surface area (Å²) < 4.78 is 5.72. The molecular weight excluding hydrogens is 234 g/mol. The molecule has 0 aromatic carbocycles. The Hall–Kier alpha value is -1.02. The van der Waals surface area contributed by atoms with Gasteiger partial charge >= 0.3 is 0 Å². The Labute approximate surface area is 120 Å². The molecule has 0 aliphatic rings. The van der Waals surface area contributed by atoms with E-state index in [0.717, 1.165) is 18.7 Å². The average molecular weight is 267 g/mol. The van der Waals surface area contributed by atoms with Crippen molar-refractivity contribution in [3.8, 4) is 0 Å². The first-order valence-corrected chi connectivity index (χ1v) is 7.33. The summed E-state index contributed by atoms with van der Waals surface area (Å²) in [7, 11) is 4.09. The van der Waals surface area contributed by atoms with Gasteiger partial charge in [-0.2, -0.15) is 0 Å². The summed E-state index contributed by atoms with van der Waals surface area (Å²) in [5, 5.41) is 0. The summed E-state index contributed by atoms with van der Waals surface area (Å²) in [6.07, 6.45) is 7.14. The van der Waals surface area contributed by atoms with Gasteiger partial charge in [0.15, 0.2) is 0 Å². The van der Waals surface area contributed by atoms with Crippen LogP contribution in [0.1, 0.15) is 41.0 Å². The number of hydrogen-bond donors (Lipinski definition) is 0. The Morgan fingerprint density at radius 2 is 1.89 bits per heavy atom. The molecule has 112 valence electrons. The predicted molar refractivity (Wildman–Crippen MR) is 87.3 cm³/mol. The molecule has 2 heteroatoms. The van der Waals surface area contributed by atoms with Crippen LogP contribution in [-0.4, -0.2) is 32.1 Å². The normalized spacial score (nSPS) is 13.7. The Bertz CT molecular complexity index is 277. The lowest BCUT2D eigenvalue weighted by Crippen LogP contribution is -2.17. The van der Waals surface area contributed by atoms with Crippen molar-refractivity contribution in [1.82, 2.24) is 4.90 Å². The second-order valence-electron chi connectivity index (χ2n) is 4.50. The molecular formula is C17H33NO. The summed E-state index contributed by atoms with van der Waals surface area (Å²) in [4.78, 5) is 2.11. The maximum Gasteiger partial charge on any atom is 0.115 e. The van der Waals surface area contributed by atoms with Gasteiger partial charge in [0.2, 0.25) is 0 Å². The van der Waals surface area contributed by atoms with Crippen molar-refractivity contribution in [1.29, 1.82) is 0 Å². The fraction of sp³-hybridized carbons (Fsp3) is 0.647. The van der Waals surface area contributed by atoms with Crippen LogP contribution in [0.5, 0.6) is 0 Å². The number of rotatable bonds is 8. The minimum Gasteiger partial charge on any atom is -0.493 e. The van der Waals surface area contributed by atoms with Crippen molar-refractivity contribution >= 4 is 0 Å². The van der Waals surface area contributed by atoms with E-state index in [9.17, 15) is 0 Å². The Kier molecular flexibility index (Phi) is 14.3. The van der Waals surface area contributed by atoms with E-state index in [1.54, 1.807) is 0 Å². The van der Waals surface area contributed by atoms with Crippen LogP contribution in [0.15, 0.2) is 36.1 Å². The summed E-state index contributed by atoms with van der Waals surface area (Å²) in [5.74, 6) is 1.46. The second-order valence-corrected chi connectivity index (χ2v) is 4.50. The van der Waals surface area contributed by atoms with Crippen molar-refractivity contribution in [3.63, 3.8) is 0 Å². The molecule has 0 aliphatic carbocycles. The van der Waals surface area contributed by atoms with Gasteiger partial charge in [-0.1, -0.05) is 40.3 Å². The van der Waals surface area contributed by atoms with Gasteiger partial charge in [-0.15, -0.1) is 0 Å². The van der Waals surface area contributed by atoms with Crippen LogP contribution in [0.4, 0.5) is 0 Å². The molecule has 0 N–H and O–H groups in total. The molecule has 1 atom stereocenters. The van der Waals surface area contributed by atoms with Gasteiger partial charge in [0, 0.05) is 6.54 Å². The monoisotopic (exact) mass is 267 g/mol. The molecule has 0 aromatic heterocycles. The van der Waals surface area contributed by atoms with Crippen LogP contribution in [0, 0.1) is 5.92 Å². The lowest BCUT2D eigenvalue weighted by atomic mass is 9.98. The van der Waals surface area contributed by atoms with Crippen molar-refractivity contribution < 1.29 is 4.74 Å². The molecule has 0 rings (SSSR count). The highest BCUT2D eigenvalue weighted by Gasteiger charge is 2.04. The van der Waals surface area contributed by atoms with Gasteiger partial charge in [0.1, 0.15) is 12.4 Å². The molecule has 2 nitrogen and oxygen atoms in total. The minimum absolute atomic E-state index is 0.528. The van der Waals surface area contributed by atoms with E-state index in [-0.39, 0.29) is 0 Å². The first kappa shape index (κ1) is 20.3. The average Bonchev–Trinajstić information content (AvgIpc) is 2.43. The molecule has 0 saturated carbocycles. The van der Waals surface area contributed by atoms with E-state index in [2.05, 4.69) is 31.4 Å². The highest BCUT2D eigenvalue weighted by molar-refractivity contribution is 5.27. The van der Waals surface area contributed by atoms with E-state index < -0.39 is 0 Å². The molecule has 19 heavy (non-hydrogen) atoms. The number of nitrogens with zero attached hydrogens (tertiary/aromatic N) is 1. The van der Waals surface area contributed by atoms with E-state index in [4.69, 9.17) is 4.74 Å². The molecule has 0 aliphatic heterocycles. The van der Waals surface area contributed by atoms with Crippen molar-refractivity contribution in [2.24, 2.45) is 5.92 Å². The van der Waals surface area contributed by atoms with E-state index in [0.29, 0.717) is 12.5 Å². The van der Waals surface area contributed by atoms with E-state index in [1.165, 1.54) is 5.57 Å². The minimum atomic E-state index is 0.528. The van der Waals surface area contributed by atoms with Gasteiger partial charge in [0.25, 0.3) is 0 Å². The third-order valence-corrected chi connectivity index (χ3v) is 2.82. The second kappa shape index (κ2) is 13.4. The molecule has 0 aromatic rings. The fourth-order valence-electron chi connectivity index (χ4n) is 1.36. The van der Waals surface area contributed by atoms with Gasteiger partial charge in [0.05, 0.1) is 0 Å². The van der Waals surface area contributed by atoms with Crippen molar-refractivity contribution in [3.05, 3.63) is 36.1 Å². The molecule has 0 amide bonds. The zero-order valence-electron chi connectivity index (χ0n) is 14.0. The number of ether oxygens (including phenoxy) is 1. The van der Waals surface area contributed by atoms with Crippen LogP contribution in [-0.2, 0) is 4.74 Å². The maximum absolute atomic E-state index is 5.72. The standard InChI is InChI=1S/C15H27NO.C2H6/c1-7-13(4)14(8-2)12-15(9-3)17-11-10-16(5)6;1-2/h8-9,12-13H,2,7,10-11H2,1,3-6H3;1-2H3/b14-12+,15-9+;. The van der Waals surface area contributed by atoms with Crippen LogP contribution >= 0.6 is 0 Å². The molecule has 0 saturated heterocycles. The largest absolute Gasteiger partial charge is 0.493 e. The van der Waals surface area contributed by atoms with Crippen LogP contribution < -0.4 is 0 Å². The molecule has 0 bridgehead atoms. The Balaban J connectivity index is 0. The highest BCUT2D eigenvalue weighted by atomic mass is 16.5. The van der Waals surface area contributed by atoms with Crippen molar-refractivity contribution in [2.75, 3.05) is 27.2 Å². The first-order valence-electron chi connectivity index (χ1n) is 7.33. The highest BCUT2D eigenvalue weighted by Crippen LogP contribution is 2.17. The topological polar surface area (TPSA) is 12.5 Å². The molecule has 0 radical (unpaired) electrons. The summed E-state index contributed by atoms with van der Waals surface area (Å²) in [5.41, 5.74) is 1.24. The van der Waals surface area contributed by atoms with E-state index in [1.807, 2.05) is 47.0 Å².